The number of benzene rings is 1. The van der Waals surface area contributed by atoms with Crippen LogP contribution in [0.2, 0.25) is 0 Å². The fraction of sp³-hybridized carbons (Fsp3) is 0.176. The second kappa shape index (κ2) is 6.86. The number of nitrogens with zero attached hydrogens (tertiary/aromatic N) is 3. The lowest BCUT2D eigenvalue weighted by molar-refractivity contribution is 0.0525. The average molecular weight is 340 g/mol. The van der Waals surface area contributed by atoms with Crippen LogP contribution in [0.1, 0.15) is 23.0 Å². The molecule has 1 aromatic carbocycles. The van der Waals surface area contributed by atoms with Gasteiger partial charge >= 0.3 is 0 Å². The molecule has 3 rings (SSSR count). The SMILES string of the molecule is CC(O)(CNC(=O)c1csc(-c2ncccn2)n1)c1ccccc1. The van der Waals surface area contributed by atoms with E-state index in [1.807, 2.05) is 30.3 Å². The lowest BCUT2D eigenvalue weighted by Gasteiger charge is -2.24. The van der Waals surface area contributed by atoms with Crippen LogP contribution in [0.3, 0.4) is 0 Å². The summed E-state index contributed by atoms with van der Waals surface area (Å²) in [5, 5.41) is 15.5. The molecule has 0 fully saturated rings. The summed E-state index contributed by atoms with van der Waals surface area (Å²) in [5.41, 5.74) is -0.133. The van der Waals surface area contributed by atoms with E-state index >= 15 is 0 Å². The highest BCUT2D eigenvalue weighted by Crippen LogP contribution is 2.21. The molecule has 24 heavy (non-hydrogen) atoms. The number of aromatic nitrogens is 3. The van der Waals surface area contributed by atoms with E-state index < -0.39 is 5.60 Å². The van der Waals surface area contributed by atoms with Crippen molar-refractivity contribution >= 4 is 17.2 Å². The first-order chi connectivity index (χ1) is 11.6. The van der Waals surface area contributed by atoms with Gasteiger partial charge in [-0.25, -0.2) is 15.0 Å². The summed E-state index contributed by atoms with van der Waals surface area (Å²) < 4.78 is 0. The van der Waals surface area contributed by atoms with E-state index in [9.17, 15) is 9.90 Å². The molecule has 0 saturated carbocycles. The maximum Gasteiger partial charge on any atom is 0.270 e. The van der Waals surface area contributed by atoms with Crippen molar-refractivity contribution in [2.45, 2.75) is 12.5 Å². The summed E-state index contributed by atoms with van der Waals surface area (Å²) >= 11 is 1.30. The van der Waals surface area contributed by atoms with Crippen LogP contribution >= 0.6 is 11.3 Å². The number of amides is 1. The molecule has 6 nitrogen and oxygen atoms in total. The standard InChI is InChI=1S/C17H16N4O2S/c1-17(23,12-6-3-2-4-7-12)11-20-15(22)13-10-24-16(21-13)14-18-8-5-9-19-14/h2-10,23H,11H2,1H3,(H,20,22). The lowest BCUT2D eigenvalue weighted by atomic mass is 9.96. The largest absolute Gasteiger partial charge is 0.384 e. The van der Waals surface area contributed by atoms with Crippen LogP contribution in [0.4, 0.5) is 0 Å². The number of nitrogens with one attached hydrogen (secondary N) is 1. The van der Waals surface area contributed by atoms with Crippen molar-refractivity contribution in [2.75, 3.05) is 6.54 Å². The Kier molecular flexibility index (Phi) is 4.64. The highest BCUT2D eigenvalue weighted by atomic mass is 32.1. The van der Waals surface area contributed by atoms with Gasteiger partial charge in [-0.15, -0.1) is 11.3 Å². The summed E-state index contributed by atoms with van der Waals surface area (Å²) in [7, 11) is 0. The number of aliphatic hydroxyl groups is 1. The van der Waals surface area contributed by atoms with E-state index in [4.69, 9.17) is 0 Å². The predicted molar refractivity (Wildman–Crippen MR) is 91.5 cm³/mol. The topological polar surface area (TPSA) is 88.0 Å². The van der Waals surface area contributed by atoms with E-state index in [0.29, 0.717) is 10.8 Å². The summed E-state index contributed by atoms with van der Waals surface area (Å²) in [5.74, 6) is 0.141. The molecular formula is C17H16N4O2S. The smallest absolute Gasteiger partial charge is 0.270 e. The zero-order chi connectivity index (χ0) is 17.0. The number of thiazole rings is 1. The molecule has 0 aliphatic heterocycles. The van der Waals surface area contributed by atoms with Gasteiger partial charge in [0.1, 0.15) is 11.3 Å². The number of carbonyl (C=O) groups is 1. The fourth-order valence-corrected chi connectivity index (χ4v) is 2.88. The van der Waals surface area contributed by atoms with Crippen molar-refractivity contribution in [3.05, 3.63) is 65.4 Å². The molecule has 2 aromatic heterocycles. The van der Waals surface area contributed by atoms with Crippen LogP contribution in [0, 0.1) is 0 Å². The van der Waals surface area contributed by atoms with Crippen LogP contribution in [0.25, 0.3) is 10.8 Å². The minimum absolute atomic E-state index is 0.0878. The molecule has 0 bridgehead atoms. The van der Waals surface area contributed by atoms with Gasteiger partial charge in [0.25, 0.3) is 5.91 Å². The van der Waals surface area contributed by atoms with Gasteiger partial charge in [-0.3, -0.25) is 4.79 Å². The normalized spacial score (nSPS) is 13.2. The quantitative estimate of drug-likeness (QED) is 0.744. The van der Waals surface area contributed by atoms with Gasteiger partial charge in [-0.1, -0.05) is 30.3 Å². The van der Waals surface area contributed by atoms with Gasteiger partial charge in [0.2, 0.25) is 0 Å². The second-order valence-electron chi connectivity index (χ2n) is 5.43. The number of carbonyl (C=O) groups excluding carboxylic acids is 1. The molecule has 7 heteroatoms. The summed E-state index contributed by atoms with van der Waals surface area (Å²) in [4.78, 5) is 24.7. The van der Waals surface area contributed by atoms with Crippen LogP contribution < -0.4 is 5.32 Å². The Balaban J connectivity index is 1.67. The second-order valence-corrected chi connectivity index (χ2v) is 6.29. The van der Waals surface area contributed by atoms with E-state index in [0.717, 1.165) is 5.56 Å². The van der Waals surface area contributed by atoms with Crippen molar-refractivity contribution in [3.8, 4) is 10.8 Å². The van der Waals surface area contributed by atoms with Crippen molar-refractivity contribution in [2.24, 2.45) is 0 Å². The molecule has 0 saturated heterocycles. The predicted octanol–water partition coefficient (Wildman–Crippen LogP) is 2.24. The Morgan fingerprint density at radius 2 is 1.92 bits per heavy atom. The van der Waals surface area contributed by atoms with E-state index in [2.05, 4.69) is 20.3 Å². The third kappa shape index (κ3) is 3.64. The van der Waals surface area contributed by atoms with E-state index in [1.165, 1.54) is 11.3 Å². The molecule has 0 radical (unpaired) electrons. The Labute approximate surface area is 143 Å². The first-order valence-electron chi connectivity index (χ1n) is 7.35. The molecule has 3 aromatic rings. The molecule has 1 atom stereocenters. The minimum atomic E-state index is -1.15. The van der Waals surface area contributed by atoms with Crippen molar-refractivity contribution < 1.29 is 9.90 Å². The molecule has 1 amide bonds. The van der Waals surface area contributed by atoms with Crippen molar-refractivity contribution in [1.82, 2.24) is 20.3 Å². The highest BCUT2D eigenvalue weighted by Gasteiger charge is 2.24. The monoisotopic (exact) mass is 340 g/mol. The van der Waals surface area contributed by atoms with Gasteiger partial charge in [0, 0.05) is 17.8 Å². The van der Waals surface area contributed by atoms with Crippen LogP contribution in [-0.2, 0) is 5.60 Å². The van der Waals surface area contributed by atoms with Gasteiger partial charge in [-0.05, 0) is 18.6 Å². The third-order valence-corrected chi connectivity index (χ3v) is 4.32. The van der Waals surface area contributed by atoms with E-state index in [1.54, 1.807) is 30.8 Å². The highest BCUT2D eigenvalue weighted by molar-refractivity contribution is 7.13. The molecule has 0 spiro atoms. The number of rotatable bonds is 5. The molecule has 122 valence electrons. The van der Waals surface area contributed by atoms with Gasteiger partial charge in [-0.2, -0.15) is 0 Å². The zero-order valence-corrected chi connectivity index (χ0v) is 13.8. The summed E-state index contributed by atoms with van der Waals surface area (Å²) in [6.45, 7) is 1.75. The average Bonchev–Trinajstić information content (AvgIpc) is 3.11. The molecule has 0 aliphatic carbocycles. The van der Waals surface area contributed by atoms with Crippen molar-refractivity contribution in [3.63, 3.8) is 0 Å². The molecule has 0 aliphatic rings. The van der Waals surface area contributed by atoms with Crippen LogP contribution in [0.5, 0.6) is 0 Å². The Morgan fingerprint density at radius 3 is 2.62 bits per heavy atom. The zero-order valence-electron chi connectivity index (χ0n) is 13.0. The summed E-state index contributed by atoms with van der Waals surface area (Å²) in [6, 6.07) is 10.9. The maximum atomic E-state index is 12.2. The number of hydrogen-bond donors (Lipinski definition) is 2. The van der Waals surface area contributed by atoms with Gasteiger partial charge in [0.05, 0.1) is 6.54 Å². The first-order valence-corrected chi connectivity index (χ1v) is 8.23. The third-order valence-electron chi connectivity index (χ3n) is 3.48. The molecule has 1 unspecified atom stereocenters. The first kappa shape index (κ1) is 16.2. The number of hydrogen-bond acceptors (Lipinski definition) is 6. The van der Waals surface area contributed by atoms with Crippen LogP contribution in [0.15, 0.2) is 54.2 Å². The summed E-state index contributed by atoms with van der Waals surface area (Å²) in [6.07, 6.45) is 3.25. The van der Waals surface area contributed by atoms with Gasteiger partial charge < -0.3 is 10.4 Å². The fourth-order valence-electron chi connectivity index (χ4n) is 2.13. The van der Waals surface area contributed by atoms with Gasteiger partial charge in [0.15, 0.2) is 10.8 Å². The Hall–Kier alpha value is -2.64. The lowest BCUT2D eigenvalue weighted by Crippen LogP contribution is -2.38. The van der Waals surface area contributed by atoms with Crippen molar-refractivity contribution in [1.29, 1.82) is 0 Å². The van der Waals surface area contributed by atoms with Crippen LogP contribution in [-0.4, -0.2) is 32.5 Å². The molecular weight excluding hydrogens is 324 g/mol. The maximum absolute atomic E-state index is 12.2. The molecule has 2 heterocycles. The van der Waals surface area contributed by atoms with E-state index in [-0.39, 0.29) is 18.1 Å². The Bertz CT molecular complexity index is 819. The molecule has 2 N–H and O–H groups in total. The Morgan fingerprint density at radius 1 is 1.21 bits per heavy atom. The minimum Gasteiger partial charge on any atom is -0.384 e.